The Balaban J connectivity index is 1.26. The Hall–Kier alpha value is -1.85. The summed E-state index contributed by atoms with van der Waals surface area (Å²) in [6, 6.07) is 4.79. The third kappa shape index (κ3) is 4.89. The van der Waals surface area contributed by atoms with Crippen LogP contribution in [0.4, 0.5) is 10.5 Å². The van der Waals surface area contributed by atoms with E-state index in [-0.39, 0.29) is 34.5 Å². The molecular formula is C19H28N4O5S2. The molecule has 5 N–H and O–H groups in total. The Bertz CT molecular complexity index is 986. The zero-order valence-corrected chi connectivity index (χ0v) is 18.3. The van der Waals surface area contributed by atoms with Crippen molar-refractivity contribution < 1.29 is 21.6 Å². The number of rotatable bonds is 7. The highest BCUT2D eigenvalue weighted by molar-refractivity contribution is 7.92. The van der Waals surface area contributed by atoms with E-state index in [1.165, 1.54) is 43.5 Å². The average Bonchev–Trinajstić information content (AvgIpc) is 2.59. The van der Waals surface area contributed by atoms with Crippen molar-refractivity contribution in [2.24, 2.45) is 22.9 Å². The number of amides is 2. The summed E-state index contributed by atoms with van der Waals surface area (Å²) in [5.41, 5.74) is 0.0986. The monoisotopic (exact) mass is 456 g/mol. The van der Waals surface area contributed by atoms with Crippen molar-refractivity contribution in [2.75, 3.05) is 17.0 Å². The molecule has 1 aromatic rings. The highest BCUT2D eigenvalue weighted by Crippen LogP contribution is 2.55. The molecule has 1 aromatic carbocycles. The first kappa shape index (κ1) is 21.4. The molecule has 0 spiro atoms. The Morgan fingerprint density at radius 3 is 2.00 bits per heavy atom. The molecule has 4 fully saturated rings. The van der Waals surface area contributed by atoms with Gasteiger partial charge in [-0.1, -0.05) is 0 Å². The van der Waals surface area contributed by atoms with Crippen LogP contribution in [0.15, 0.2) is 29.2 Å². The number of nitrogens with two attached hydrogens (primary N) is 1. The van der Waals surface area contributed by atoms with Gasteiger partial charge in [0.2, 0.25) is 20.0 Å². The Morgan fingerprint density at radius 1 is 0.967 bits per heavy atom. The highest BCUT2D eigenvalue weighted by atomic mass is 32.2. The van der Waals surface area contributed by atoms with Gasteiger partial charge in [-0.3, -0.25) is 4.72 Å². The fourth-order valence-electron chi connectivity index (χ4n) is 5.79. The van der Waals surface area contributed by atoms with Crippen LogP contribution in [0.2, 0.25) is 0 Å². The summed E-state index contributed by atoms with van der Waals surface area (Å²) in [4.78, 5) is 12.3. The van der Waals surface area contributed by atoms with Gasteiger partial charge in [-0.25, -0.2) is 26.8 Å². The number of nitrogens with one attached hydrogen (secondary N) is 3. The Kier molecular flexibility index (Phi) is 5.48. The van der Waals surface area contributed by atoms with Gasteiger partial charge in [0.1, 0.15) is 0 Å². The largest absolute Gasteiger partial charge is 0.337 e. The van der Waals surface area contributed by atoms with Crippen molar-refractivity contribution >= 4 is 31.8 Å². The van der Waals surface area contributed by atoms with Gasteiger partial charge < -0.3 is 10.6 Å². The highest BCUT2D eigenvalue weighted by Gasteiger charge is 2.51. The fourth-order valence-corrected chi connectivity index (χ4v) is 7.27. The number of carbonyl (C=O) groups excluding carboxylic acids is 1. The number of anilines is 1. The van der Waals surface area contributed by atoms with Gasteiger partial charge in [-0.15, -0.1) is 0 Å². The van der Waals surface area contributed by atoms with E-state index in [9.17, 15) is 21.6 Å². The molecule has 0 radical (unpaired) electrons. The average molecular weight is 457 g/mol. The first-order chi connectivity index (χ1) is 14.0. The molecule has 0 atom stereocenters. The van der Waals surface area contributed by atoms with E-state index in [1.54, 1.807) is 0 Å². The lowest BCUT2D eigenvalue weighted by Gasteiger charge is -2.56. The number of benzene rings is 1. The molecule has 166 valence electrons. The molecule has 0 aliphatic heterocycles. The second kappa shape index (κ2) is 7.69. The number of carbonyl (C=O) groups is 1. The van der Waals surface area contributed by atoms with Crippen LogP contribution >= 0.6 is 0 Å². The van der Waals surface area contributed by atoms with Gasteiger partial charge in [0.15, 0.2) is 0 Å². The summed E-state index contributed by atoms with van der Waals surface area (Å²) in [6.07, 6.45) is 6.93. The molecule has 4 aliphatic carbocycles. The van der Waals surface area contributed by atoms with Crippen LogP contribution in [0.25, 0.3) is 0 Å². The molecule has 30 heavy (non-hydrogen) atoms. The molecule has 11 heteroatoms. The molecule has 0 heterocycles. The van der Waals surface area contributed by atoms with E-state index in [0.717, 1.165) is 19.3 Å². The minimum Gasteiger partial charge on any atom is -0.337 e. The van der Waals surface area contributed by atoms with E-state index in [1.807, 2.05) is 0 Å². The lowest BCUT2D eigenvalue weighted by Crippen LogP contribution is -2.61. The quantitative estimate of drug-likeness (QED) is 0.489. The third-order valence-corrected chi connectivity index (χ3v) is 8.75. The maximum absolute atomic E-state index is 12.4. The van der Waals surface area contributed by atoms with Crippen molar-refractivity contribution in [3.05, 3.63) is 24.3 Å². The van der Waals surface area contributed by atoms with Crippen LogP contribution in [0.3, 0.4) is 0 Å². The molecular weight excluding hydrogens is 428 g/mol. The topological polar surface area (TPSA) is 147 Å². The van der Waals surface area contributed by atoms with Gasteiger partial charge in [-0.05, 0) is 80.5 Å². The van der Waals surface area contributed by atoms with E-state index in [4.69, 9.17) is 5.14 Å². The van der Waals surface area contributed by atoms with Crippen LogP contribution in [0.5, 0.6) is 0 Å². The molecule has 5 rings (SSSR count). The number of hydrogen-bond acceptors (Lipinski definition) is 5. The second-order valence-electron chi connectivity index (χ2n) is 9.07. The van der Waals surface area contributed by atoms with Crippen LogP contribution in [-0.2, 0) is 20.0 Å². The van der Waals surface area contributed by atoms with E-state index < -0.39 is 20.0 Å². The molecule has 4 bridgehead atoms. The van der Waals surface area contributed by atoms with Gasteiger partial charge in [0, 0.05) is 17.8 Å². The number of primary sulfonamides is 1. The maximum Gasteiger partial charge on any atom is 0.315 e. The van der Waals surface area contributed by atoms with Crippen molar-refractivity contribution in [1.82, 2.24) is 10.6 Å². The first-order valence-electron chi connectivity index (χ1n) is 10.2. The van der Waals surface area contributed by atoms with Crippen LogP contribution in [0.1, 0.15) is 38.5 Å². The first-order valence-corrected chi connectivity index (χ1v) is 13.4. The van der Waals surface area contributed by atoms with Crippen molar-refractivity contribution in [3.8, 4) is 0 Å². The molecule has 4 saturated carbocycles. The minimum absolute atomic E-state index is 0.0250. The fraction of sp³-hybridized carbons (Fsp3) is 0.632. The molecule has 0 unspecified atom stereocenters. The van der Waals surface area contributed by atoms with Crippen molar-refractivity contribution in [1.29, 1.82) is 0 Å². The van der Waals surface area contributed by atoms with Crippen molar-refractivity contribution in [2.45, 2.75) is 49.0 Å². The maximum atomic E-state index is 12.4. The standard InChI is InChI=1S/C19H28N4O5S2/c20-30(27,28)17-3-1-16(2-4-17)23-29(25,26)6-5-21-18(24)22-19-10-13-7-14(11-19)9-15(8-13)12-19/h1-4,13-15,23H,5-12H2,(H2,20,27,28)(H2,21,22,24). The zero-order chi connectivity index (χ0) is 21.6. The lowest BCUT2D eigenvalue weighted by molar-refractivity contribution is -0.0134. The van der Waals surface area contributed by atoms with Gasteiger partial charge in [0.05, 0.1) is 10.6 Å². The predicted molar refractivity (Wildman–Crippen MR) is 113 cm³/mol. The molecule has 0 saturated heterocycles. The van der Waals surface area contributed by atoms with Gasteiger partial charge in [0.25, 0.3) is 0 Å². The van der Waals surface area contributed by atoms with Crippen LogP contribution in [0, 0.1) is 17.8 Å². The second-order valence-corrected chi connectivity index (χ2v) is 12.5. The third-order valence-electron chi connectivity index (χ3n) is 6.53. The SMILES string of the molecule is NS(=O)(=O)c1ccc(NS(=O)(=O)CCNC(=O)NC23CC4CC(CC(C4)C2)C3)cc1. The molecule has 2 amide bonds. The normalized spacial score (nSPS) is 30.1. The number of urea groups is 1. The lowest BCUT2D eigenvalue weighted by atomic mass is 9.53. The van der Waals surface area contributed by atoms with E-state index in [2.05, 4.69) is 15.4 Å². The number of sulfonamides is 2. The van der Waals surface area contributed by atoms with Crippen LogP contribution in [-0.4, -0.2) is 40.7 Å². The smallest absolute Gasteiger partial charge is 0.315 e. The van der Waals surface area contributed by atoms with Gasteiger partial charge in [-0.2, -0.15) is 0 Å². The van der Waals surface area contributed by atoms with Crippen molar-refractivity contribution in [3.63, 3.8) is 0 Å². The molecule has 9 nitrogen and oxygen atoms in total. The zero-order valence-electron chi connectivity index (χ0n) is 16.6. The summed E-state index contributed by atoms with van der Waals surface area (Å²) in [5, 5.41) is 10.8. The molecule has 4 aliphatic rings. The Labute approximate surface area is 177 Å². The van der Waals surface area contributed by atoms with Gasteiger partial charge >= 0.3 is 6.03 Å². The Morgan fingerprint density at radius 2 is 1.50 bits per heavy atom. The van der Waals surface area contributed by atoms with Crippen LogP contribution < -0.4 is 20.5 Å². The number of hydrogen-bond donors (Lipinski definition) is 4. The summed E-state index contributed by atoms with van der Waals surface area (Å²) < 4.78 is 49.4. The summed E-state index contributed by atoms with van der Waals surface area (Å²) in [5.74, 6) is 1.84. The van der Waals surface area contributed by atoms with E-state index in [0.29, 0.717) is 17.8 Å². The minimum atomic E-state index is -3.84. The summed E-state index contributed by atoms with van der Waals surface area (Å²) in [6.45, 7) is -0.0250. The predicted octanol–water partition coefficient (Wildman–Crippen LogP) is 1.34. The molecule has 0 aromatic heterocycles. The summed E-state index contributed by atoms with van der Waals surface area (Å²) in [7, 11) is -7.54. The van der Waals surface area contributed by atoms with E-state index >= 15 is 0 Å². The summed E-state index contributed by atoms with van der Waals surface area (Å²) >= 11 is 0.